The zero-order valence-electron chi connectivity index (χ0n) is 9.40. The lowest BCUT2D eigenvalue weighted by Crippen LogP contribution is -2.14. The minimum atomic E-state index is -0.179. The molecule has 1 aromatic rings. The topological polar surface area (TPSA) is 46.5 Å². The van der Waals surface area contributed by atoms with E-state index in [0.29, 0.717) is 6.42 Å². The maximum atomic E-state index is 11.3. The molecule has 0 aliphatic heterocycles. The summed E-state index contributed by atoms with van der Waals surface area (Å²) in [4.78, 5) is 11.3. The molecule has 0 radical (unpaired) electrons. The number of benzene rings is 1. The van der Waals surface area contributed by atoms with Gasteiger partial charge in [0.1, 0.15) is 5.75 Å². The van der Waals surface area contributed by atoms with Crippen LogP contribution in [-0.4, -0.2) is 18.2 Å². The molecule has 3 nitrogen and oxygen atoms in total. The van der Waals surface area contributed by atoms with E-state index in [9.17, 15) is 9.90 Å². The third kappa shape index (κ3) is 2.18. The fraction of sp³-hybridized carbons (Fsp3) is 0.462. The molecule has 1 aliphatic carbocycles. The van der Waals surface area contributed by atoms with Gasteiger partial charge in [0, 0.05) is 0 Å². The first kappa shape index (κ1) is 11.0. The fourth-order valence-corrected chi connectivity index (χ4v) is 2.38. The van der Waals surface area contributed by atoms with Crippen LogP contribution in [0.5, 0.6) is 5.75 Å². The summed E-state index contributed by atoms with van der Waals surface area (Å²) < 4.78 is 4.70. The average Bonchev–Trinajstić information content (AvgIpc) is 2.29. The van der Waals surface area contributed by atoms with Gasteiger partial charge in [-0.2, -0.15) is 0 Å². The van der Waals surface area contributed by atoms with E-state index in [0.717, 1.165) is 24.8 Å². The van der Waals surface area contributed by atoms with Crippen molar-refractivity contribution < 1.29 is 14.6 Å². The molecule has 0 aromatic heterocycles. The Labute approximate surface area is 95.0 Å². The van der Waals surface area contributed by atoms with Crippen LogP contribution in [0.25, 0.3) is 0 Å². The predicted molar refractivity (Wildman–Crippen MR) is 60.4 cm³/mol. The molecule has 16 heavy (non-hydrogen) atoms. The van der Waals surface area contributed by atoms with Crippen LogP contribution in [0.4, 0.5) is 0 Å². The molecular weight excluding hydrogens is 204 g/mol. The highest BCUT2D eigenvalue weighted by Gasteiger charge is 2.23. The molecule has 0 fully saturated rings. The van der Waals surface area contributed by atoms with Crippen LogP contribution in [-0.2, 0) is 16.0 Å². The van der Waals surface area contributed by atoms with Crippen molar-refractivity contribution in [3.8, 4) is 5.75 Å². The Morgan fingerprint density at radius 2 is 2.38 bits per heavy atom. The first-order chi connectivity index (χ1) is 7.70. The Bertz CT molecular complexity index is 398. The number of phenolic OH excluding ortho intramolecular Hbond substituents is 1. The van der Waals surface area contributed by atoms with Gasteiger partial charge in [0.15, 0.2) is 0 Å². The Morgan fingerprint density at radius 1 is 1.56 bits per heavy atom. The van der Waals surface area contributed by atoms with Crippen molar-refractivity contribution in [1.29, 1.82) is 0 Å². The number of ether oxygens (including phenoxy) is 1. The minimum absolute atomic E-state index is 0.179. The third-order valence-corrected chi connectivity index (χ3v) is 3.21. The third-order valence-electron chi connectivity index (χ3n) is 3.21. The van der Waals surface area contributed by atoms with Crippen LogP contribution in [0, 0.1) is 0 Å². The van der Waals surface area contributed by atoms with Crippen LogP contribution in [0.3, 0.4) is 0 Å². The lowest BCUT2D eigenvalue weighted by atomic mass is 9.81. The highest BCUT2D eigenvalue weighted by atomic mass is 16.5. The highest BCUT2D eigenvalue weighted by Crippen LogP contribution is 2.35. The average molecular weight is 220 g/mol. The second-order valence-corrected chi connectivity index (χ2v) is 4.25. The summed E-state index contributed by atoms with van der Waals surface area (Å²) in [5.41, 5.74) is 2.36. The van der Waals surface area contributed by atoms with Gasteiger partial charge in [-0.3, -0.25) is 4.79 Å². The summed E-state index contributed by atoms with van der Waals surface area (Å²) in [7, 11) is 1.41. The normalized spacial score (nSPS) is 18.9. The Balaban J connectivity index is 2.24. The molecule has 0 unspecified atom stereocenters. The molecule has 1 aromatic carbocycles. The fourth-order valence-electron chi connectivity index (χ4n) is 2.38. The van der Waals surface area contributed by atoms with Crippen molar-refractivity contribution in [1.82, 2.24) is 0 Å². The molecule has 1 atom stereocenters. The van der Waals surface area contributed by atoms with E-state index in [1.807, 2.05) is 6.07 Å². The molecule has 3 heteroatoms. The molecule has 0 bridgehead atoms. The van der Waals surface area contributed by atoms with Crippen molar-refractivity contribution in [2.45, 2.75) is 31.6 Å². The van der Waals surface area contributed by atoms with E-state index in [-0.39, 0.29) is 17.6 Å². The summed E-state index contributed by atoms with van der Waals surface area (Å²) >= 11 is 0. The molecular formula is C13H16O3. The Hall–Kier alpha value is -1.51. The number of hydrogen-bond acceptors (Lipinski definition) is 3. The standard InChI is InChI=1S/C13H16O3/c1-16-13(15)7-10-4-2-3-9-5-6-11(14)8-12(9)10/h5-6,8,10,14H,2-4,7H2,1H3/t10-/m1/s1. The van der Waals surface area contributed by atoms with Gasteiger partial charge in [-0.05, 0) is 48.4 Å². The van der Waals surface area contributed by atoms with E-state index in [1.54, 1.807) is 12.1 Å². The molecule has 0 spiro atoms. The maximum Gasteiger partial charge on any atom is 0.306 e. The van der Waals surface area contributed by atoms with Gasteiger partial charge in [0.05, 0.1) is 13.5 Å². The van der Waals surface area contributed by atoms with Crippen molar-refractivity contribution in [3.63, 3.8) is 0 Å². The number of fused-ring (bicyclic) bond motifs is 1. The second-order valence-electron chi connectivity index (χ2n) is 4.25. The summed E-state index contributed by atoms with van der Waals surface area (Å²) in [6.07, 6.45) is 3.53. The number of carbonyl (C=O) groups is 1. The van der Waals surface area contributed by atoms with Gasteiger partial charge in [-0.1, -0.05) is 6.07 Å². The molecule has 0 saturated carbocycles. The smallest absolute Gasteiger partial charge is 0.306 e. The summed E-state index contributed by atoms with van der Waals surface area (Å²) in [5, 5.41) is 9.48. The minimum Gasteiger partial charge on any atom is -0.508 e. The van der Waals surface area contributed by atoms with Gasteiger partial charge in [0.2, 0.25) is 0 Å². The van der Waals surface area contributed by atoms with Crippen LogP contribution in [0.2, 0.25) is 0 Å². The SMILES string of the molecule is COC(=O)C[C@H]1CCCc2ccc(O)cc21. The number of esters is 1. The quantitative estimate of drug-likeness (QED) is 0.778. The summed E-state index contributed by atoms with van der Waals surface area (Å²) in [6.45, 7) is 0. The van der Waals surface area contributed by atoms with Gasteiger partial charge in [-0.15, -0.1) is 0 Å². The first-order valence-electron chi connectivity index (χ1n) is 5.59. The second kappa shape index (κ2) is 4.56. The van der Waals surface area contributed by atoms with Gasteiger partial charge < -0.3 is 9.84 Å². The van der Waals surface area contributed by atoms with E-state index >= 15 is 0 Å². The number of hydrogen-bond donors (Lipinski definition) is 1. The zero-order valence-corrected chi connectivity index (χ0v) is 9.40. The Kier molecular flexibility index (Phi) is 3.13. The molecule has 86 valence electrons. The zero-order chi connectivity index (χ0) is 11.5. The van der Waals surface area contributed by atoms with Crippen molar-refractivity contribution >= 4 is 5.97 Å². The van der Waals surface area contributed by atoms with Crippen molar-refractivity contribution in [3.05, 3.63) is 29.3 Å². The largest absolute Gasteiger partial charge is 0.508 e. The van der Waals surface area contributed by atoms with Crippen molar-refractivity contribution in [2.75, 3.05) is 7.11 Å². The van der Waals surface area contributed by atoms with Crippen molar-refractivity contribution in [2.24, 2.45) is 0 Å². The molecule has 0 saturated heterocycles. The lowest BCUT2D eigenvalue weighted by Gasteiger charge is -2.24. The number of carbonyl (C=O) groups excluding carboxylic acids is 1. The summed E-state index contributed by atoms with van der Waals surface area (Å²) in [6, 6.07) is 5.44. The Morgan fingerprint density at radius 3 is 3.12 bits per heavy atom. The maximum absolute atomic E-state index is 11.3. The molecule has 0 heterocycles. The summed E-state index contributed by atoms with van der Waals surface area (Å²) in [5.74, 6) is 0.292. The van der Waals surface area contributed by atoms with E-state index in [4.69, 9.17) is 4.74 Å². The molecule has 1 aliphatic rings. The van der Waals surface area contributed by atoms with Crippen LogP contribution in [0.15, 0.2) is 18.2 Å². The van der Waals surface area contributed by atoms with Crippen LogP contribution in [0.1, 0.15) is 36.3 Å². The van der Waals surface area contributed by atoms with Crippen LogP contribution < -0.4 is 0 Å². The predicted octanol–water partition coefficient (Wildman–Crippen LogP) is 2.38. The van der Waals surface area contributed by atoms with E-state index in [1.165, 1.54) is 12.7 Å². The molecule has 1 N–H and O–H groups in total. The number of methoxy groups -OCH3 is 1. The van der Waals surface area contributed by atoms with Crippen LogP contribution >= 0.6 is 0 Å². The lowest BCUT2D eigenvalue weighted by molar-refractivity contribution is -0.141. The molecule has 0 amide bonds. The van der Waals surface area contributed by atoms with Gasteiger partial charge >= 0.3 is 5.97 Å². The van der Waals surface area contributed by atoms with Gasteiger partial charge in [-0.25, -0.2) is 0 Å². The number of rotatable bonds is 2. The van der Waals surface area contributed by atoms with E-state index < -0.39 is 0 Å². The number of phenols is 1. The number of aryl methyl sites for hydroxylation is 1. The first-order valence-corrected chi connectivity index (χ1v) is 5.59. The van der Waals surface area contributed by atoms with E-state index in [2.05, 4.69) is 0 Å². The van der Waals surface area contributed by atoms with Gasteiger partial charge in [0.25, 0.3) is 0 Å². The number of aromatic hydroxyl groups is 1. The molecule has 2 rings (SSSR count). The highest BCUT2D eigenvalue weighted by molar-refractivity contribution is 5.70. The monoisotopic (exact) mass is 220 g/mol.